The Morgan fingerprint density at radius 2 is 2.05 bits per heavy atom. The molecule has 1 aromatic carbocycles. The van der Waals surface area contributed by atoms with Gasteiger partial charge in [0.2, 0.25) is 0 Å². The summed E-state index contributed by atoms with van der Waals surface area (Å²) >= 11 is 1.68. The maximum Gasteiger partial charge on any atom is 0.335 e. The van der Waals surface area contributed by atoms with Crippen LogP contribution in [0.4, 0.5) is 0 Å². The molecule has 0 amide bonds. The highest BCUT2D eigenvalue weighted by Crippen LogP contribution is 2.22. The van der Waals surface area contributed by atoms with Crippen molar-refractivity contribution < 1.29 is 9.90 Å². The van der Waals surface area contributed by atoms with Crippen molar-refractivity contribution in [3.63, 3.8) is 0 Å². The van der Waals surface area contributed by atoms with Crippen LogP contribution in [0.1, 0.15) is 31.5 Å². The molecule has 100 valence electrons. The second kappa shape index (κ2) is 5.95. The number of carboxylic acid groups (broad SMARTS) is 1. The molecule has 0 aliphatic heterocycles. The van der Waals surface area contributed by atoms with Gasteiger partial charge in [0.15, 0.2) is 0 Å². The van der Waals surface area contributed by atoms with Gasteiger partial charge in [-0.3, -0.25) is 0 Å². The molecule has 3 N–H and O–H groups in total. The molecule has 19 heavy (non-hydrogen) atoms. The molecule has 0 aliphatic rings. The topological polar surface area (TPSA) is 76.2 Å². The van der Waals surface area contributed by atoms with Gasteiger partial charge in [0.05, 0.1) is 16.3 Å². The van der Waals surface area contributed by atoms with Gasteiger partial charge in [0.25, 0.3) is 0 Å². The molecule has 0 saturated carbocycles. The van der Waals surface area contributed by atoms with E-state index in [4.69, 9.17) is 10.8 Å². The third-order valence-electron chi connectivity index (χ3n) is 2.86. The fraction of sp³-hybridized carbons (Fsp3) is 0.286. The number of nitrogens with zero attached hydrogens (tertiary/aromatic N) is 1. The van der Waals surface area contributed by atoms with Crippen molar-refractivity contribution in [2.45, 2.75) is 19.8 Å². The molecular formula is C14H16N2O2S. The first-order chi connectivity index (χ1) is 9.10. The first-order valence-corrected chi connectivity index (χ1v) is 6.89. The summed E-state index contributed by atoms with van der Waals surface area (Å²) < 4.78 is 0. The minimum atomic E-state index is -0.897. The highest BCUT2D eigenvalue weighted by atomic mass is 32.1. The maximum absolute atomic E-state index is 10.8. The van der Waals surface area contributed by atoms with Gasteiger partial charge in [-0.15, -0.1) is 11.3 Å². The number of aromatic nitrogens is 1. The van der Waals surface area contributed by atoms with Crippen molar-refractivity contribution in [1.82, 2.24) is 4.98 Å². The molecule has 0 saturated heterocycles. The van der Waals surface area contributed by atoms with E-state index in [-0.39, 0.29) is 0 Å². The Morgan fingerprint density at radius 1 is 1.37 bits per heavy atom. The lowest BCUT2D eigenvalue weighted by Gasteiger charge is -2.00. The highest BCUT2D eigenvalue weighted by molar-refractivity contribution is 7.11. The molecule has 0 aliphatic carbocycles. The van der Waals surface area contributed by atoms with E-state index in [2.05, 4.69) is 4.98 Å². The molecule has 0 unspecified atom stereocenters. The molecule has 1 heterocycles. The minimum absolute atomic E-state index is 0.314. The normalized spacial score (nSPS) is 10.6. The maximum atomic E-state index is 10.8. The zero-order valence-corrected chi connectivity index (χ0v) is 11.5. The number of nitrogens with two attached hydrogens (primary N) is 1. The molecule has 0 bridgehead atoms. The molecule has 2 rings (SSSR count). The number of carbonyl (C=O) groups is 1. The van der Waals surface area contributed by atoms with Crippen molar-refractivity contribution in [3.05, 3.63) is 51.0 Å². The molecule has 2 aromatic rings. The zero-order chi connectivity index (χ0) is 13.8. The fourth-order valence-corrected chi connectivity index (χ4v) is 2.95. The highest BCUT2D eigenvalue weighted by Gasteiger charge is 2.08. The number of aromatic carboxylic acids is 1. The Hall–Kier alpha value is -1.72. The Kier molecular flexibility index (Phi) is 4.29. The number of aryl methyl sites for hydroxylation is 1. The number of benzene rings is 1. The van der Waals surface area contributed by atoms with E-state index in [0.717, 1.165) is 29.1 Å². The Balaban J connectivity index is 2.14. The van der Waals surface area contributed by atoms with Gasteiger partial charge in [-0.2, -0.15) is 0 Å². The largest absolute Gasteiger partial charge is 0.478 e. The third kappa shape index (κ3) is 3.39. The van der Waals surface area contributed by atoms with Crippen LogP contribution >= 0.6 is 11.3 Å². The average Bonchev–Trinajstić information content (AvgIpc) is 2.71. The number of hydrogen-bond donors (Lipinski definition) is 2. The van der Waals surface area contributed by atoms with Crippen LogP contribution in [0.3, 0.4) is 0 Å². The smallest absolute Gasteiger partial charge is 0.335 e. The standard InChI is InChI=1S/C14H16N2O2S/c1-9-12(19-13(16-9)6-7-15)8-10-2-4-11(5-3-10)14(17)18/h2-5H,6-8,15H2,1H3,(H,17,18). The lowest BCUT2D eigenvalue weighted by Crippen LogP contribution is -2.01. The van der Waals surface area contributed by atoms with Gasteiger partial charge in [-0.05, 0) is 31.2 Å². The predicted molar refractivity (Wildman–Crippen MR) is 75.8 cm³/mol. The lowest BCUT2D eigenvalue weighted by atomic mass is 10.1. The van der Waals surface area contributed by atoms with Gasteiger partial charge in [0.1, 0.15) is 0 Å². The molecule has 0 spiro atoms. The second-order valence-electron chi connectivity index (χ2n) is 4.33. The van der Waals surface area contributed by atoms with Gasteiger partial charge < -0.3 is 10.8 Å². The van der Waals surface area contributed by atoms with E-state index in [1.165, 1.54) is 4.88 Å². The summed E-state index contributed by atoms with van der Waals surface area (Å²) in [5, 5.41) is 9.92. The van der Waals surface area contributed by atoms with Crippen LogP contribution in [0.5, 0.6) is 0 Å². The summed E-state index contributed by atoms with van der Waals surface area (Å²) in [7, 11) is 0. The predicted octanol–water partition coefficient (Wildman–Crippen LogP) is 2.24. The van der Waals surface area contributed by atoms with E-state index in [1.54, 1.807) is 23.5 Å². The summed E-state index contributed by atoms with van der Waals surface area (Å²) in [6, 6.07) is 6.97. The van der Waals surface area contributed by atoms with Crippen LogP contribution in [0.25, 0.3) is 0 Å². The zero-order valence-electron chi connectivity index (χ0n) is 10.7. The van der Waals surface area contributed by atoms with E-state index < -0.39 is 5.97 Å². The quantitative estimate of drug-likeness (QED) is 0.878. The Bertz CT molecular complexity index is 576. The summed E-state index contributed by atoms with van der Waals surface area (Å²) in [5.41, 5.74) is 7.97. The van der Waals surface area contributed by atoms with Crippen LogP contribution in [0.2, 0.25) is 0 Å². The Labute approximate surface area is 115 Å². The third-order valence-corrected chi connectivity index (χ3v) is 4.08. The van der Waals surface area contributed by atoms with Gasteiger partial charge >= 0.3 is 5.97 Å². The van der Waals surface area contributed by atoms with Crippen molar-refractivity contribution >= 4 is 17.3 Å². The van der Waals surface area contributed by atoms with E-state index in [1.807, 2.05) is 19.1 Å². The van der Waals surface area contributed by atoms with Gasteiger partial charge in [-0.1, -0.05) is 12.1 Å². The summed E-state index contributed by atoms with van der Waals surface area (Å²) in [5.74, 6) is -0.897. The molecule has 1 aromatic heterocycles. The van der Waals surface area contributed by atoms with E-state index in [9.17, 15) is 4.79 Å². The van der Waals surface area contributed by atoms with E-state index >= 15 is 0 Å². The first kappa shape index (κ1) is 13.7. The van der Waals surface area contributed by atoms with Gasteiger partial charge in [0, 0.05) is 17.7 Å². The fourth-order valence-electron chi connectivity index (χ4n) is 1.83. The SMILES string of the molecule is Cc1nc(CCN)sc1Cc1ccc(C(=O)O)cc1. The molecular weight excluding hydrogens is 260 g/mol. The minimum Gasteiger partial charge on any atom is -0.478 e. The molecule has 0 atom stereocenters. The van der Waals surface area contributed by atoms with E-state index in [0.29, 0.717) is 12.1 Å². The molecule has 0 fully saturated rings. The summed E-state index contributed by atoms with van der Waals surface area (Å²) in [4.78, 5) is 16.5. The van der Waals surface area contributed by atoms with Crippen molar-refractivity contribution in [1.29, 1.82) is 0 Å². The van der Waals surface area contributed by atoms with Crippen LogP contribution in [0.15, 0.2) is 24.3 Å². The first-order valence-electron chi connectivity index (χ1n) is 6.07. The van der Waals surface area contributed by atoms with Crippen molar-refractivity contribution in [2.24, 2.45) is 5.73 Å². The molecule has 5 heteroatoms. The number of thiazole rings is 1. The van der Waals surface area contributed by atoms with Crippen LogP contribution < -0.4 is 5.73 Å². The number of hydrogen-bond acceptors (Lipinski definition) is 4. The average molecular weight is 276 g/mol. The number of rotatable bonds is 5. The second-order valence-corrected chi connectivity index (χ2v) is 5.50. The summed E-state index contributed by atoms with van der Waals surface area (Å²) in [6.45, 7) is 2.61. The monoisotopic (exact) mass is 276 g/mol. The lowest BCUT2D eigenvalue weighted by molar-refractivity contribution is 0.0697. The van der Waals surface area contributed by atoms with Crippen LogP contribution in [-0.4, -0.2) is 22.6 Å². The molecule has 0 radical (unpaired) electrons. The summed E-state index contributed by atoms with van der Waals surface area (Å²) in [6.07, 6.45) is 1.59. The number of carboxylic acids is 1. The van der Waals surface area contributed by atoms with Crippen LogP contribution in [-0.2, 0) is 12.8 Å². The van der Waals surface area contributed by atoms with Crippen molar-refractivity contribution in [3.8, 4) is 0 Å². The van der Waals surface area contributed by atoms with Crippen molar-refractivity contribution in [2.75, 3.05) is 6.54 Å². The van der Waals surface area contributed by atoms with Crippen LogP contribution in [0, 0.1) is 6.92 Å². The van der Waals surface area contributed by atoms with Gasteiger partial charge in [-0.25, -0.2) is 9.78 Å². The Morgan fingerprint density at radius 3 is 2.63 bits per heavy atom. The molecule has 4 nitrogen and oxygen atoms in total.